The normalized spacial score (nSPS) is 13.8. The van der Waals surface area contributed by atoms with E-state index in [9.17, 15) is 0 Å². The van der Waals surface area contributed by atoms with Crippen molar-refractivity contribution < 1.29 is 0 Å². The van der Waals surface area contributed by atoms with Gasteiger partial charge in [-0.05, 0) is 10.3 Å². The van der Waals surface area contributed by atoms with Crippen molar-refractivity contribution in [1.82, 2.24) is 0 Å². The molecule has 0 N–H and O–H groups in total. The van der Waals surface area contributed by atoms with Crippen LogP contribution in [0.5, 0.6) is 0 Å². The van der Waals surface area contributed by atoms with Crippen molar-refractivity contribution in [2.24, 2.45) is 0 Å². The summed E-state index contributed by atoms with van der Waals surface area (Å²) < 4.78 is 0. The van der Waals surface area contributed by atoms with Crippen molar-refractivity contribution in [2.75, 3.05) is 0 Å². The molecule has 0 aliphatic carbocycles. The molecule has 80 valence electrons. The van der Waals surface area contributed by atoms with Gasteiger partial charge in [0.25, 0.3) is 0 Å². The summed E-state index contributed by atoms with van der Waals surface area (Å²) in [5.74, 6) is 4.50. The van der Waals surface area contributed by atoms with Crippen LogP contribution in [0.3, 0.4) is 0 Å². The molecule has 0 bridgehead atoms. The van der Waals surface area contributed by atoms with E-state index in [1.54, 1.807) is 0 Å². The van der Waals surface area contributed by atoms with Gasteiger partial charge in [-0.1, -0.05) is 58.1 Å². The van der Waals surface area contributed by atoms with Gasteiger partial charge < -0.3 is 0 Å². The summed E-state index contributed by atoms with van der Waals surface area (Å²) in [5, 5.41) is 1.09. The molecule has 0 aliphatic heterocycles. The third-order valence-electron chi connectivity index (χ3n) is 0.812. The van der Waals surface area contributed by atoms with Gasteiger partial charge in [0.1, 0.15) is 0 Å². The summed E-state index contributed by atoms with van der Waals surface area (Å²) in [6.45, 7) is 13.9. The molecule has 0 saturated carbocycles. The topological polar surface area (TPSA) is 0 Å². The second kappa shape index (κ2) is 7.66. The summed E-state index contributed by atoms with van der Waals surface area (Å²) in [5.41, 5.74) is 0. The predicted octanol–water partition coefficient (Wildman–Crippen LogP) is 4.64. The quantitative estimate of drug-likeness (QED) is 0.485. The monoisotopic (exact) mass is 282 g/mol. The van der Waals surface area contributed by atoms with Crippen LogP contribution in [0.1, 0.15) is 41.5 Å². The molecule has 0 heterocycles. The maximum atomic E-state index is 2.32. The van der Waals surface area contributed by atoms with Crippen LogP contribution in [0.4, 0.5) is 0 Å². The average Bonchev–Trinajstić information content (AvgIpc) is 1.82. The van der Waals surface area contributed by atoms with Crippen LogP contribution in [0, 0.1) is 0 Å². The van der Waals surface area contributed by atoms with Crippen LogP contribution in [0.2, 0.25) is 11.5 Å². The van der Waals surface area contributed by atoms with E-state index in [1.807, 2.05) is 0 Å². The van der Waals surface area contributed by atoms with Gasteiger partial charge in [-0.25, -0.2) is 0 Å². The van der Waals surface area contributed by atoms with Gasteiger partial charge >= 0.3 is 26.9 Å². The zero-order chi connectivity index (χ0) is 11.1. The van der Waals surface area contributed by atoms with Crippen LogP contribution < -0.4 is 0 Å². The van der Waals surface area contributed by atoms with E-state index in [1.165, 1.54) is 0 Å². The fourth-order valence-electron chi connectivity index (χ4n) is 0.375. The van der Waals surface area contributed by atoms with Gasteiger partial charge in [0, 0.05) is 0 Å². The van der Waals surface area contributed by atoms with Crippen molar-refractivity contribution >= 4 is 32.0 Å². The van der Waals surface area contributed by atoms with Gasteiger partial charge in [0.2, 0.25) is 0 Å². The number of hydrogen-bond acceptors (Lipinski definition) is 0. The summed E-state index contributed by atoms with van der Waals surface area (Å²) in [4.78, 5) is 0. The third kappa shape index (κ3) is 24.7. The first-order valence-corrected chi connectivity index (χ1v) is 11.9. The Labute approximate surface area is 95.4 Å². The van der Waals surface area contributed by atoms with Crippen molar-refractivity contribution in [1.29, 1.82) is 0 Å². The van der Waals surface area contributed by atoms with Crippen molar-refractivity contribution in [3.63, 3.8) is 0 Å². The van der Waals surface area contributed by atoms with Crippen LogP contribution >= 0.6 is 16.5 Å². The van der Waals surface area contributed by atoms with Gasteiger partial charge in [-0.2, -0.15) is 0 Å². The van der Waals surface area contributed by atoms with Crippen LogP contribution in [0.15, 0.2) is 0 Å². The Kier molecular flexibility index (Phi) is 9.91. The standard InChI is InChI=1S/C8H20P2.C2H6Ge/c1-7(2,3)9-10-8(4,5)6;1-3-2/h9-10H,1-6H3;1-2H3. The SMILES string of the molecule is CC(C)(C)PPC(C)(C)C.[CH3][Ge][CH3]. The van der Waals surface area contributed by atoms with E-state index >= 15 is 0 Å². The van der Waals surface area contributed by atoms with Crippen molar-refractivity contribution in [3.8, 4) is 0 Å². The predicted molar refractivity (Wildman–Crippen MR) is 73.6 cm³/mol. The molecule has 0 rings (SSSR count). The minimum absolute atomic E-state index is 0.500. The van der Waals surface area contributed by atoms with Crippen LogP contribution in [-0.2, 0) is 0 Å². The van der Waals surface area contributed by atoms with E-state index in [0.717, 1.165) is 16.5 Å². The molecule has 0 aromatic carbocycles. The first kappa shape index (κ1) is 16.8. The fraction of sp³-hybridized carbons (Fsp3) is 1.00. The van der Waals surface area contributed by atoms with E-state index in [4.69, 9.17) is 0 Å². The second-order valence-corrected chi connectivity index (χ2v) is 12.3. The molecule has 2 unspecified atom stereocenters. The summed E-state index contributed by atoms with van der Waals surface area (Å²) in [6.07, 6.45) is 0. The average molecular weight is 281 g/mol. The molecule has 0 amide bonds. The van der Waals surface area contributed by atoms with Crippen molar-refractivity contribution in [3.05, 3.63) is 0 Å². The molecular weight excluding hydrogens is 255 g/mol. The third-order valence-corrected chi connectivity index (χ3v) is 7.31. The Morgan fingerprint density at radius 3 is 0.923 bits per heavy atom. The molecule has 0 aromatic rings. The zero-order valence-electron chi connectivity index (χ0n) is 10.5. The van der Waals surface area contributed by atoms with Gasteiger partial charge in [-0.3, -0.25) is 0 Å². The molecule has 2 radical (unpaired) electrons. The van der Waals surface area contributed by atoms with E-state index in [0.29, 0.717) is 25.7 Å². The van der Waals surface area contributed by atoms with Gasteiger partial charge in [-0.15, -0.1) is 0 Å². The Morgan fingerprint density at radius 2 is 0.846 bits per heavy atom. The Hall–Kier alpha value is 1.40. The fourth-order valence-corrected chi connectivity index (χ4v) is 3.38. The Bertz CT molecular complexity index is 97.1. The Balaban J connectivity index is 0. The summed E-state index contributed by atoms with van der Waals surface area (Å²) in [7, 11) is 2.24. The first-order valence-electron chi connectivity index (χ1n) is 4.75. The molecule has 0 fully saturated rings. The first-order chi connectivity index (χ1) is 5.62. The van der Waals surface area contributed by atoms with E-state index in [-0.39, 0.29) is 0 Å². The summed E-state index contributed by atoms with van der Waals surface area (Å²) >= 11 is 0.500. The van der Waals surface area contributed by atoms with E-state index in [2.05, 4.69) is 53.1 Å². The van der Waals surface area contributed by atoms with Gasteiger partial charge in [0.15, 0.2) is 0 Å². The number of rotatable bonds is 1. The molecule has 2 atom stereocenters. The van der Waals surface area contributed by atoms with Gasteiger partial charge in [0.05, 0.1) is 0 Å². The second-order valence-electron chi connectivity index (χ2n) is 5.25. The molecule has 3 heteroatoms. The minimum atomic E-state index is 0.500. The van der Waals surface area contributed by atoms with E-state index < -0.39 is 0 Å². The molecular formula is C10H26GeP2. The molecule has 0 nitrogen and oxygen atoms in total. The zero-order valence-corrected chi connectivity index (χ0v) is 14.6. The van der Waals surface area contributed by atoms with Crippen LogP contribution in [0.25, 0.3) is 0 Å². The molecule has 0 spiro atoms. The number of hydrogen-bond donors (Lipinski definition) is 0. The van der Waals surface area contributed by atoms with Crippen LogP contribution in [-0.4, -0.2) is 25.7 Å². The maximum absolute atomic E-state index is 2.32. The molecule has 0 aliphatic rings. The summed E-state index contributed by atoms with van der Waals surface area (Å²) in [6, 6.07) is 0. The molecule has 0 aromatic heterocycles. The molecule has 0 saturated heterocycles. The molecule has 13 heavy (non-hydrogen) atoms. The Morgan fingerprint density at radius 1 is 0.692 bits per heavy atom. The van der Waals surface area contributed by atoms with Crippen molar-refractivity contribution in [2.45, 2.75) is 63.4 Å².